The van der Waals surface area contributed by atoms with Gasteiger partial charge in [0.05, 0.1) is 5.52 Å². The van der Waals surface area contributed by atoms with E-state index in [0.29, 0.717) is 11.6 Å². The van der Waals surface area contributed by atoms with E-state index >= 15 is 0 Å². The Bertz CT molecular complexity index is 638. The van der Waals surface area contributed by atoms with Gasteiger partial charge >= 0.3 is 5.76 Å². The molecule has 1 fully saturated rings. The van der Waals surface area contributed by atoms with E-state index in [2.05, 4.69) is 23.3 Å². The van der Waals surface area contributed by atoms with Crippen LogP contribution >= 0.6 is 0 Å². The van der Waals surface area contributed by atoms with Crippen LogP contribution in [0.25, 0.3) is 11.1 Å². The SMILES string of the molecule is CCNC(CC1CCCCC1)c1ccc2[nH]c(=O)oc2c1. The molecule has 4 heteroatoms. The number of hydrogen-bond acceptors (Lipinski definition) is 3. The zero-order valence-electron chi connectivity index (χ0n) is 12.7. The summed E-state index contributed by atoms with van der Waals surface area (Å²) in [5.41, 5.74) is 2.65. The van der Waals surface area contributed by atoms with Gasteiger partial charge in [0.1, 0.15) is 0 Å². The second kappa shape index (κ2) is 6.48. The lowest BCUT2D eigenvalue weighted by Gasteiger charge is -2.27. The highest BCUT2D eigenvalue weighted by Gasteiger charge is 2.20. The molecule has 1 aliphatic carbocycles. The van der Waals surface area contributed by atoms with Gasteiger partial charge in [-0.2, -0.15) is 0 Å². The first-order valence-electron chi connectivity index (χ1n) is 8.12. The van der Waals surface area contributed by atoms with Crippen LogP contribution in [0.15, 0.2) is 27.4 Å². The van der Waals surface area contributed by atoms with Crippen molar-refractivity contribution in [1.29, 1.82) is 0 Å². The molecule has 1 aromatic carbocycles. The summed E-state index contributed by atoms with van der Waals surface area (Å²) in [6.07, 6.45) is 8.01. The fourth-order valence-electron chi connectivity index (χ4n) is 3.52. The smallest absolute Gasteiger partial charge is 0.408 e. The molecule has 0 aliphatic heterocycles. The summed E-state index contributed by atoms with van der Waals surface area (Å²) in [5.74, 6) is 0.436. The van der Waals surface area contributed by atoms with Crippen molar-refractivity contribution < 1.29 is 4.42 Å². The second-order valence-corrected chi connectivity index (χ2v) is 6.12. The van der Waals surface area contributed by atoms with E-state index < -0.39 is 0 Å². The van der Waals surface area contributed by atoms with E-state index in [1.165, 1.54) is 44.1 Å². The maximum atomic E-state index is 11.3. The van der Waals surface area contributed by atoms with E-state index in [4.69, 9.17) is 4.42 Å². The highest BCUT2D eigenvalue weighted by molar-refractivity contribution is 5.72. The molecule has 114 valence electrons. The van der Waals surface area contributed by atoms with Crippen molar-refractivity contribution in [3.8, 4) is 0 Å². The predicted octanol–water partition coefficient (Wildman–Crippen LogP) is 3.74. The average molecular weight is 288 g/mol. The minimum atomic E-state index is -0.380. The second-order valence-electron chi connectivity index (χ2n) is 6.12. The maximum Gasteiger partial charge on any atom is 0.417 e. The molecule has 1 unspecified atom stereocenters. The molecule has 4 nitrogen and oxygen atoms in total. The first-order valence-corrected chi connectivity index (χ1v) is 8.12. The molecule has 2 aromatic rings. The van der Waals surface area contributed by atoms with Gasteiger partial charge in [-0.3, -0.25) is 4.98 Å². The Labute approximate surface area is 124 Å². The first kappa shape index (κ1) is 14.4. The van der Waals surface area contributed by atoms with E-state index in [9.17, 15) is 4.79 Å². The Morgan fingerprint density at radius 3 is 2.90 bits per heavy atom. The summed E-state index contributed by atoms with van der Waals surface area (Å²) in [7, 11) is 0. The molecule has 0 radical (unpaired) electrons. The number of aromatic amines is 1. The number of H-pyrrole nitrogens is 1. The standard InChI is InChI=1S/C17H24N2O2/c1-2-18-15(10-12-6-4-3-5-7-12)13-8-9-14-16(11-13)21-17(20)19-14/h8-9,11-12,15,18H,2-7,10H2,1H3,(H,19,20). The van der Waals surface area contributed by atoms with Crippen molar-refractivity contribution in [3.05, 3.63) is 34.3 Å². The van der Waals surface area contributed by atoms with E-state index in [1.54, 1.807) is 0 Å². The van der Waals surface area contributed by atoms with Gasteiger partial charge in [-0.25, -0.2) is 4.79 Å². The molecular weight excluding hydrogens is 264 g/mol. The summed E-state index contributed by atoms with van der Waals surface area (Å²) < 4.78 is 5.19. The summed E-state index contributed by atoms with van der Waals surface area (Å²) >= 11 is 0. The molecule has 0 spiro atoms. The Morgan fingerprint density at radius 2 is 2.14 bits per heavy atom. The number of aromatic nitrogens is 1. The number of fused-ring (bicyclic) bond motifs is 1. The van der Waals surface area contributed by atoms with Gasteiger partial charge in [-0.15, -0.1) is 0 Å². The molecule has 0 amide bonds. The minimum Gasteiger partial charge on any atom is -0.408 e. The van der Waals surface area contributed by atoms with Crippen LogP contribution in [0.5, 0.6) is 0 Å². The van der Waals surface area contributed by atoms with Gasteiger partial charge in [0.15, 0.2) is 5.58 Å². The number of rotatable bonds is 5. The van der Waals surface area contributed by atoms with Crippen LogP contribution in [-0.4, -0.2) is 11.5 Å². The van der Waals surface area contributed by atoms with Gasteiger partial charge in [-0.05, 0) is 36.6 Å². The first-order chi connectivity index (χ1) is 10.3. The molecule has 21 heavy (non-hydrogen) atoms. The van der Waals surface area contributed by atoms with Crippen LogP contribution in [-0.2, 0) is 0 Å². The van der Waals surface area contributed by atoms with Gasteiger partial charge < -0.3 is 9.73 Å². The third kappa shape index (κ3) is 3.38. The third-order valence-corrected chi connectivity index (χ3v) is 4.59. The quantitative estimate of drug-likeness (QED) is 0.881. The zero-order valence-corrected chi connectivity index (χ0v) is 12.7. The fraction of sp³-hybridized carbons (Fsp3) is 0.588. The van der Waals surface area contributed by atoms with Crippen molar-refractivity contribution in [2.45, 2.75) is 51.5 Å². The van der Waals surface area contributed by atoms with Crippen LogP contribution < -0.4 is 11.1 Å². The third-order valence-electron chi connectivity index (χ3n) is 4.59. The van der Waals surface area contributed by atoms with Gasteiger partial charge in [0, 0.05) is 6.04 Å². The average Bonchev–Trinajstić information content (AvgIpc) is 2.87. The van der Waals surface area contributed by atoms with Gasteiger partial charge in [0.25, 0.3) is 0 Å². The highest BCUT2D eigenvalue weighted by Crippen LogP contribution is 2.32. The zero-order chi connectivity index (χ0) is 14.7. The summed E-state index contributed by atoms with van der Waals surface area (Å²) in [6.45, 7) is 3.09. The lowest BCUT2D eigenvalue weighted by Crippen LogP contribution is -2.24. The number of hydrogen-bond donors (Lipinski definition) is 2. The van der Waals surface area contributed by atoms with Crippen LogP contribution in [0.2, 0.25) is 0 Å². The maximum absolute atomic E-state index is 11.3. The monoisotopic (exact) mass is 288 g/mol. The van der Waals surface area contributed by atoms with Crippen LogP contribution in [0.1, 0.15) is 57.1 Å². The van der Waals surface area contributed by atoms with Crippen molar-refractivity contribution >= 4 is 11.1 Å². The van der Waals surface area contributed by atoms with Gasteiger partial charge in [-0.1, -0.05) is 45.1 Å². The summed E-state index contributed by atoms with van der Waals surface area (Å²) in [5, 5.41) is 3.59. The fourth-order valence-corrected chi connectivity index (χ4v) is 3.52. The number of oxazole rings is 1. The molecule has 1 aliphatic rings. The van der Waals surface area contributed by atoms with E-state index in [-0.39, 0.29) is 5.76 Å². The largest absolute Gasteiger partial charge is 0.417 e. The molecule has 1 aromatic heterocycles. The topological polar surface area (TPSA) is 58.0 Å². The molecule has 1 atom stereocenters. The normalized spacial score (nSPS) is 18.1. The van der Waals surface area contributed by atoms with Gasteiger partial charge in [0.2, 0.25) is 0 Å². The van der Waals surface area contributed by atoms with Crippen molar-refractivity contribution in [1.82, 2.24) is 10.3 Å². The molecule has 0 bridgehead atoms. The lowest BCUT2D eigenvalue weighted by molar-refractivity contribution is 0.301. The van der Waals surface area contributed by atoms with E-state index in [1.807, 2.05) is 12.1 Å². The molecule has 2 N–H and O–H groups in total. The van der Waals surface area contributed by atoms with E-state index in [0.717, 1.165) is 18.0 Å². The Morgan fingerprint density at radius 1 is 1.33 bits per heavy atom. The Hall–Kier alpha value is -1.55. The molecule has 1 heterocycles. The molecular formula is C17H24N2O2. The van der Waals surface area contributed by atoms with Crippen molar-refractivity contribution in [2.24, 2.45) is 5.92 Å². The highest BCUT2D eigenvalue weighted by atomic mass is 16.4. The lowest BCUT2D eigenvalue weighted by atomic mass is 9.83. The van der Waals surface area contributed by atoms with Crippen LogP contribution in [0.4, 0.5) is 0 Å². The number of benzene rings is 1. The summed E-state index contributed by atoms with van der Waals surface area (Å²) in [4.78, 5) is 14.0. The predicted molar refractivity (Wildman–Crippen MR) is 84.4 cm³/mol. The summed E-state index contributed by atoms with van der Waals surface area (Å²) in [6, 6.07) is 6.40. The van der Waals surface area contributed by atoms with Crippen molar-refractivity contribution in [3.63, 3.8) is 0 Å². The van der Waals surface area contributed by atoms with Crippen LogP contribution in [0.3, 0.4) is 0 Å². The Balaban J connectivity index is 1.81. The molecule has 3 rings (SSSR count). The minimum absolute atomic E-state index is 0.350. The van der Waals surface area contributed by atoms with Crippen molar-refractivity contribution in [2.75, 3.05) is 6.54 Å². The Kier molecular flexibility index (Phi) is 4.44. The number of nitrogens with one attached hydrogen (secondary N) is 2. The molecule has 1 saturated carbocycles. The molecule has 0 saturated heterocycles. The van der Waals surface area contributed by atoms with Crippen LogP contribution in [0, 0.1) is 5.92 Å².